The summed E-state index contributed by atoms with van der Waals surface area (Å²) in [4.78, 5) is 13.2. The quantitative estimate of drug-likeness (QED) is 0.0988. The number of fused-ring (bicyclic) bond motifs is 9. The number of anilines is 6. The third kappa shape index (κ3) is 7.57. The van der Waals surface area contributed by atoms with Gasteiger partial charge in [0.25, 0.3) is 0 Å². The summed E-state index contributed by atoms with van der Waals surface area (Å²) in [5.41, 5.74) is 4.25. The normalized spacial score (nSPS) is 12.2. The average Bonchev–Trinajstić information content (AvgIpc) is 4.08. The Hall–Kier alpha value is -8.98. The fourth-order valence-electron chi connectivity index (χ4n) is 9.84. The number of halogens is 3. The van der Waals surface area contributed by atoms with E-state index in [9.17, 15) is 21.6 Å². The van der Waals surface area contributed by atoms with Crippen molar-refractivity contribution < 1.29 is 30.2 Å². The minimum Gasteiger partial charge on any atom is -0.438 e. The lowest BCUT2D eigenvalue weighted by Crippen LogP contribution is -2.28. The third-order valence-corrected chi connectivity index (χ3v) is 15.2. The van der Waals surface area contributed by atoms with Crippen molar-refractivity contribution in [3.63, 3.8) is 0 Å². The zero-order valence-electron chi connectivity index (χ0n) is 38.1. The van der Waals surface area contributed by atoms with Crippen LogP contribution < -0.4 is 14.0 Å². The van der Waals surface area contributed by atoms with Crippen molar-refractivity contribution in [2.45, 2.75) is 5.51 Å². The Morgan fingerprint density at radius 1 is 0.534 bits per heavy atom. The molecule has 354 valence electrons. The van der Waals surface area contributed by atoms with Crippen LogP contribution in [0.1, 0.15) is 0 Å². The maximum Gasteiger partial charge on any atom is 0.534 e. The molecule has 14 heteroatoms. The smallest absolute Gasteiger partial charge is 0.438 e. The van der Waals surface area contributed by atoms with Crippen LogP contribution in [0.5, 0.6) is 5.75 Å². The van der Waals surface area contributed by atoms with Gasteiger partial charge in [-0.2, -0.15) is 21.6 Å². The summed E-state index contributed by atoms with van der Waals surface area (Å²) in [6.45, 7) is 0. The molecule has 0 saturated carbocycles. The Balaban J connectivity index is 0.994. The van der Waals surface area contributed by atoms with E-state index in [1.165, 1.54) is 23.5 Å². The predicted molar refractivity (Wildman–Crippen MR) is 287 cm³/mol. The number of thiophene rings is 1. The van der Waals surface area contributed by atoms with Crippen molar-refractivity contribution in [3.8, 4) is 22.6 Å². The SMILES string of the molecule is O=S(=O)(Oc1cc(N(c2ccccc2)c2ccc3c4ccccc4n(-c4ccccc4)c3c2)c2sc3ccc(-c4cccc(N(c5cccnc5)c5cnc6oc7ccccc7c6c5)c4)cc3c2c1)C(F)(F)F. The fraction of sp³-hybridized carbons (Fsp3) is 0.0169. The summed E-state index contributed by atoms with van der Waals surface area (Å²) in [5, 5.41) is 5.05. The molecule has 5 heterocycles. The molecule has 0 fully saturated rings. The minimum absolute atomic E-state index is 0.422. The molecule has 0 bridgehead atoms. The molecule has 8 aromatic carbocycles. The number of hydrogen-bond acceptors (Lipinski definition) is 9. The van der Waals surface area contributed by atoms with Gasteiger partial charge >= 0.3 is 15.6 Å². The number of benzene rings is 8. The van der Waals surface area contributed by atoms with Gasteiger partial charge in [0.1, 0.15) is 11.3 Å². The van der Waals surface area contributed by atoms with Gasteiger partial charge in [0, 0.05) is 66.6 Å². The van der Waals surface area contributed by atoms with Gasteiger partial charge in [-0.05, 0) is 108 Å². The first-order chi connectivity index (χ1) is 35.6. The molecule has 0 saturated heterocycles. The Labute approximate surface area is 418 Å². The van der Waals surface area contributed by atoms with Crippen LogP contribution in [0.4, 0.5) is 47.3 Å². The lowest BCUT2D eigenvalue weighted by molar-refractivity contribution is -0.0500. The first-order valence-corrected chi connectivity index (χ1v) is 25.3. The van der Waals surface area contributed by atoms with Crippen LogP contribution in [0.15, 0.2) is 223 Å². The van der Waals surface area contributed by atoms with Gasteiger partial charge in [-0.1, -0.05) is 97.1 Å². The Morgan fingerprint density at radius 2 is 1.25 bits per heavy atom. The van der Waals surface area contributed by atoms with E-state index in [1.54, 1.807) is 18.6 Å². The molecule has 13 aromatic rings. The van der Waals surface area contributed by atoms with Crippen molar-refractivity contribution >= 4 is 120 Å². The zero-order valence-corrected chi connectivity index (χ0v) is 39.7. The standard InChI is InChI=1S/C59H36F3N5O4S2/c60-59(61,62)73(68,69)71-45-33-50-49-30-38(37-13-11-18-41(29-37)65(43-19-12-28-63-35-43)44-31-51-48-21-8-10-23-55(48)70-58(51)64-36-44)24-27-56(49)72-57(50)54(34-45)66(39-14-3-1-4-15-39)42-25-26-47-46-20-7-9-22-52(46)67(53(47)32-42)40-16-5-2-6-17-40/h1-36H. The maximum atomic E-state index is 14.2. The van der Waals surface area contributed by atoms with Crippen LogP contribution in [0.25, 0.3) is 80.9 Å². The molecule has 0 radical (unpaired) electrons. The number of alkyl halides is 3. The predicted octanol–water partition coefficient (Wildman–Crippen LogP) is 16.7. The highest BCUT2D eigenvalue weighted by Crippen LogP contribution is 2.49. The first-order valence-electron chi connectivity index (χ1n) is 23.1. The summed E-state index contributed by atoms with van der Waals surface area (Å²) in [7, 11) is -6.07. The van der Waals surface area contributed by atoms with Gasteiger partial charge in [-0.3, -0.25) is 4.98 Å². The van der Waals surface area contributed by atoms with Crippen molar-refractivity contribution in [2.75, 3.05) is 9.80 Å². The molecule has 73 heavy (non-hydrogen) atoms. The summed E-state index contributed by atoms with van der Waals surface area (Å²) in [6.07, 6.45) is 5.27. The molecule has 0 amide bonds. The number of furan rings is 1. The number of para-hydroxylation sites is 4. The number of nitrogens with zero attached hydrogens (tertiary/aromatic N) is 5. The van der Waals surface area contributed by atoms with Crippen LogP contribution in [-0.2, 0) is 10.1 Å². The van der Waals surface area contributed by atoms with E-state index in [-0.39, 0.29) is 0 Å². The molecule has 0 aliphatic carbocycles. The maximum absolute atomic E-state index is 14.2. The highest BCUT2D eigenvalue weighted by atomic mass is 32.2. The van der Waals surface area contributed by atoms with E-state index < -0.39 is 21.4 Å². The average molecular weight is 1000 g/mol. The molecule has 5 aromatic heterocycles. The van der Waals surface area contributed by atoms with Crippen LogP contribution in [0.2, 0.25) is 0 Å². The van der Waals surface area contributed by atoms with Crippen molar-refractivity contribution in [1.29, 1.82) is 0 Å². The van der Waals surface area contributed by atoms with Gasteiger partial charge in [-0.15, -0.1) is 11.3 Å². The second kappa shape index (κ2) is 17.1. The van der Waals surface area contributed by atoms with E-state index in [2.05, 4.69) is 38.7 Å². The zero-order chi connectivity index (χ0) is 49.4. The largest absolute Gasteiger partial charge is 0.534 e. The molecule has 9 nitrogen and oxygen atoms in total. The van der Waals surface area contributed by atoms with Gasteiger partial charge in [0.15, 0.2) is 0 Å². The van der Waals surface area contributed by atoms with Crippen LogP contribution >= 0.6 is 11.3 Å². The van der Waals surface area contributed by atoms with Gasteiger partial charge < -0.3 is 23.0 Å². The highest BCUT2D eigenvalue weighted by molar-refractivity contribution is 7.88. The lowest BCUT2D eigenvalue weighted by atomic mass is 10.0. The molecular formula is C59H36F3N5O4S2. The topological polar surface area (TPSA) is 93.7 Å². The summed E-state index contributed by atoms with van der Waals surface area (Å²) < 4.78 is 82.9. The third-order valence-electron chi connectivity index (χ3n) is 13.0. The van der Waals surface area contributed by atoms with Crippen LogP contribution in [0.3, 0.4) is 0 Å². The van der Waals surface area contributed by atoms with Crippen LogP contribution in [0, 0.1) is 0 Å². The van der Waals surface area contributed by atoms with Gasteiger partial charge in [-0.25, -0.2) is 4.98 Å². The number of rotatable bonds is 10. The molecule has 0 spiro atoms. The van der Waals surface area contributed by atoms with Crippen LogP contribution in [-0.4, -0.2) is 28.5 Å². The summed E-state index contributed by atoms with van der Waals surface area (Å²) >= 11 is 1.45. The fourth-order valence-corrected chi connectivity index (χ4v) is 11.5. The van der Waals surface area contributed by atoms with Crippen molar-refractivity contribution in [1.82, 2.24) is 14.5 Å². The van der Waals surface area contributed by atoms with E-state index in [0.717, 1.165) is 76.7 Å². The van der Waals surface area contributed by atoms with E-state index in [1.807, 2.05) is 169 Å². The first kappa shape index (κ1) is 44.0. The molecule has 0 atom stereocenters. The van der Waals surface area contributed by atoms with E-state index in [4.69, 9.17) is 13.6 Å². The minimum atomic E-state index is -6.07. The highest BCUT2D eigenvalue weighted by Gasteiger charge is 2.48. The Bertz CT molecular complexity index is 4390. The van der Waals surface area contributed by atoms with Gasteiger partial charge in [0.2, 0.25) is 5.71 Å². The number of aromatic nitrogens is 3. The second-order valence-electron chi connectivity index (χ2n) is 17.4. The Morgan fingerprint density at radius 3 is 2.05 bits per heavy atom. The number of hydrogen-bond donors (Lipinski definition) is 0. The molecule has 13 rings (SSSR count). The monoisotopic (exact) mass is 999 g/mol. The summed E-state index contributed by atoms with van der Waals surface area (Å²) in [5.74, 6) is -0.490. The molecule has 0 unspecified atom stereocenters. The van der Waals surface area contributed by atoms with Crippen molar-refractivity contribution in [3.05, 3.63) is 219 Å². The second-order valence-corrected chi connectivity index (χ2v) is 20.0. The van der Waals surface area contributed by atoms with Gasteiger partial charge in [0.05, 0.1) is 50.6 Å². The lowest BCUT2D eigenvalue weighted by Gasteiger charge is -2.27. The molecule has 0 aliphatic rings. The van der Waals surface area contributed by atoms with E-state index >= 15 is 0 Å². The summed E-state index contributed by atoms with van der Waals surface area (Å²) in [6, 6.07) is 64.1. The molecule has 0 N–H and O–H groups in total. The van der Waals surface area contributed by atoms with Crippen molar-refractivity contribution in [2.24, 2.45) is 0 Å². The molecular weight excluding hydrogens is 964 g/mol. The van der Waals surface area contributed by atoms with E-state index in [0.29, 0.717) is 38.2 Å². The Kier molecular flexibility index (Phi) is 10.3. The molecule has 0 aliphatic heterocycles. The number of pyridine rings is 2.